The molecule has 84 valence electrons. The lowest BCUT2D eigenvalue weighted by molar-refractivity contribution is 0.0697. The summed E-state index contributed by atoms with van der Waals surface area (Å²) in [5.74, 6) is -0.879. The Morgan fingerprint density at radius 3 is 1.64 bits per heavy atom. The molecule has 0 saturated carbocycles. The zero-order chi connectivity index (χ0) is 8.69. The number of halogens is 1. The van der Waals surface area contributed by atoms with Crippen molar-refractivity contribution in [3.63, 3.8) is 0 Å². The molecule has 1 aromatic rings. The van der Waals surface area contributed by atoms with E-state index in [-0.39, 0.29) is 22.3 Å². The van der Waals surface area contributed by atoms with Gasteiger partial charge >= 0.3 is 5.97 Å². The van der Waals surface area contributed by atoms with E-state index >= 15 is 0 Å². The minimum atomic E-state index is -0.879. The standard InChI is InChI=1S/C7H6O2.CH3I.3CH4/c8-7(9)6-4-2-1-3-5-6;1-2;;;/h1-5H,(H,8,9);1H3;3*1H4. The van der Waals surface area contributed by atoms with Gasteiger partial charge in [0, 0.05) is 0 Å². The third-order valence-electron chi connectivity index (χ3n) is 1.02. The van der Waals surface area contributed by atoms with Crippen molar-refractivity contribution in [1.82, 2.24) is 0 Å². The van der Waals surface area contributed by atoms with Crippen LogP contribution in [0.25, 0.3) is 0 Å². The average molecular weight is 312 g/mol. The second kappa shape index (κ2) is 14.9. The van der Waals surface area contributed by atoms with Gasteiger partial charge in [-0.15, -0.1) is 0 Å². The van der Waals surface area contributed by atoms with Gasteiger partial charge in [0.15, 0.2) is 0 Å². The largest absolute Gasteiger partial charge is 0.478 e. The lowest BCUT2D eigenvalue weighted by Crippen LogP contribution is -1.93. The van der Waals surface area contributed by atoms with Gasteiger partial charge in [-0.25, -0.2) is 4.79 Å². The number of carboxylic acid groups (broad SMARTS) is 1. The van der Waals surface area contributed by atoms with E-state index < -0.39 is 5.97 Å². The molecule has 0 heterocycles. The van der Waals surface area contributed by atoms with Crippen molar-refractivity contribution in [2.45, 2.75) is 22.3 Å². The van der Waals surface area contributed by atoms with Gasteiger partial charge in [0.2, 0.25) is 0 Å². The van der Waals surface area contributed by atoms with Crippen LogP contribution in [-0.4, -0.2) is 16.0 Å². The molecule has 0 atom stereocenters. The second-order valence-electron chi connectivity index (χ2n) is 1.67. The van der Waals surface area contributed by atoms with Crippen molar-refractivity contribution in [2.24, 2.45) is 0 Å². The van der Waals surface area contributed by atoms with Gasteiger partial charge in [0.1, 0.15) is 0 Å². The van der Waals surface area contributed by atoms with Gasteiger partial charge in [0.25, 0.3) is 0 Å². The second-order valence-corrected chi connectivity index (χ2v) is 1.67. The molecule has 0 spiro atoms. The van der Waals surface area contributed by atoms with Crippen LogP contribution in [0.15, 0.2) is 30.3 Å². The first-order valence-corrected chi connectivity index (χ1v) is 5.12. The Morgan fingerprint density at radius 1 is 1.07 bits per heavy atom. The molecule has 0 saturated heterocycles. The maximum absolute atomic E-state index is 10.2. The Morgan fingerprint density at radius 2 is 1.43 bits per heavy atom. The smallest absolute Gasteiger partial charge is 0.335 e. The molecule has 0 aromatic heterocycles. The van der Waals surface area contributed by atoms with Crippen molar-refractivity contribution in [1.29, 1.82) is 0 Å². The SMILES string of the molecule is C.C.C.CI.O=C(O)c1ccccc1. The highest BCUT2D eigenvalue weighted by Crippen LogP contribution is 1.96. The van der Waals surface area contributed by atoms with Crippen LogP contribution in [0.3, 0.4) is 0 Å². The number of carbonyl (C=O) groups is 1. The van der Waals surface area contributed by atoms with Crippen LogP contribution in [-0.2, 0) is 0 Å². The topological polar surface area (TPSA) is 37.3 Å². The van der Waals surface area contributed by atoms with E-state index in [2.05, 4.69) is 22.6 Å². The summed E-state index contributed by atoms with van der Waals surface area (Å²) in [5, 5.41) is 8.38. The predicted molar refractivity (Wildman–Crippen MR) is 73.5 cm³/mol. The summed E-state index contributed by atoms with van der Waals surface area (Å²) < 4.78 is 0. The molecule has 2 nitrogen and oxygen atoms in total. The zero-order valence-electron chi connectivity index (χ0n) is 6.12. The first-order valence-electron chi connectivity index (χ1n) is 2.97. The summed E-state index contributed by atoms with van der Waals surface area (Å²) in [6.45, 7) is 0. The van der Waals surface area contributed by atoms with Crippen molar-refractivity contribution in [3.05, 3.63) is 35.9 Å². The number of carboxylic acids is 1. The van der Waals surface area contributed by atoms with Crippen molar-refractivity contribution in [3.8, 4) is 0 Å². The van der Waals surface area contributed by atoms with E-state index in [9.17, 15) is 4.79 Å². The summed E-state index contributed by atoms with van der Waals surface area (Å²) >= 11 is 2.15. The minimum absolute atomic E-state index is 0. The highest BCUT2D eigenvalue weighted by molar-refractivity contribution is 14.1. The zero-order valence-corrected chi connectivity index (χ0v) is 8.28. The first kappa shape index (κ1) is 23.3. The molecule has 3 heteroatoms. The number of aromatic carboxylic acids is 1. The molecular formula is C11H21IO2. The van der Waals surface area contributed by atoms with Gasteiger partial charge in [-0.2, -0.15) is 0 Å². The van der Waals surface area contributed by atoms with Crippen molar-refractivity contribution < 1.29 is 9.90 Å². The van der Waals surface area contributed by atoms with Gasteiger partial charge in [-0.05, 0) is 17.1 Å². The molecular weight excluding hydrogens is 291 g/mol. The Hall–Kier alpha value is -0.580. The molecule has 1 N–H and O–H groups in total. The molecule has 0 aliphatic rings. The van der Waals surface area contributed by atoms with Crippen LogP contribution >= 0.6 is 22.6 Å². The number of hydrogen-bond acceptors (Lipinski definition) is 1. The molecule has 0 bridgehead atoms. The highest BCUT2D eigenvalue weighted by atomic mass is 127. The van der Waals surface area contributed by atoms with Crippen LogP contribution in [0.1, 0.15) is 32.6 Å². The Bertz CT molecular complexity index is 210. The minimum Gasteiger partial charge on any atom is -0.478 e. The van der Waals surface area contributed by atoms with Gasteiger partial charge in [0.05, 0.1) is 5.56 Å². The lowest BCUT2D eigenvalue weighted by Gasteiger charge is -1.88. The first-order chi connectivity index (χ1) is 5.30. The summed E-state index contributed by atoms with van der Waals surface area (Å²) in [5.41, 5.74) is 0.331. The van der Waals surface area contributed by atoms with E-state index in [0.29, 0.717) is 5.56 Å². The Kier molecular flexibility index (Phi) is 24.9. The van der Waals surface area contributed by atoms with Crippen LogP contribution in [0.4, 0.5) is 0 Å². The van der Waals surface area contributed by atoms with Crippen LogP contribution in [0, 0.1) is 0 Å². The average Bonchev–Trinajstić information content (AvgIpc) is 2.10. The molecule has 0 aliphatic carbocycles. The van der Waals surface area contributed by atoms with Crippen molar-refractivity contribution in [2.75, 3.05) is 4.93 Å². The Labute approximate surface area is 101 Å². The third-order valence-corrected chi connectivity index (χ3v) is 1.02. The van der Waals surface area contributed by atoms with E-state index in [1.807, 2.05) is 4.93 Å². The molecule has 0 amide bonds. The number of alkyl halides is 1. The van der Waals surface area contributed by atoms with E-state index in [1.54, 1.807) is 30.3 Å². The van der Waals surface area contributed by atoms with E-state index in [0.717, 1.165) is 0 Å². The molecule has 1 rings (SSSR count). The molecule has 1 aromatic carbocycles. The van der Waals surface area contributed by atoms with Crippen LogP contribution < -0.4 is 0 Å². The van der Waals surface area contributed by atoms with Gasteiger partial charge in [-0.3, -0.25) is 0 Å². The normalized spacial score (nSPS) is 6.14. The molecule has 0 radical (unpaired) electrons. The van der Waals surface area contributed by atoms with E-state index in [1.165, 1.54) is 0 Å². The summed E-state index contributed by atoms with van der Waals surface area (Å²) in [6, 6.07) is 8.30. The van der Waals surface area contributed by atoms with Gasteiger partial charge in [-0.1, -0.05) is 63.1 Å². The summed E-state index contributed by atoms with van der Waals surface area (Å²) in [6.07, 6.45) is 0. The summed E-state index contributed by atoms with van der Waals surface area (Å²) in [7, 11) is 0. The lowest BCUT2D eigenvalue weighted by atomic mass is 10.2. The fraction of sp³-hybridized carbons (Fsp3) is 0.364. The fourth-order valence-corrected chi connectivity index (χ4v) is 0.581. The van der Waals surface area contributed by atoms with Gasteiger partial charge < -0.3 is 5.11 Å². The Balaban J connectivity index is -0.0000000942. The number of benzene rings is 1. The third kappa shape index (κ3) is 9.51. The van der Waals surface area contributed by atoms with Crippen LogP contribution in [0.2, 0.25) is 0 Å². The maximum Gasteiger partial charge on any atom is 0.335 e. The molecule has 14 heavy (non-hydrogen) atoms. The predicted octanol–water partition coefficient (Wildman–Crippen LogP) is 4.34. The molecule has 0 aliphatic heterocycles. The highest BCUT2D eigenvalue weighted by Gasteiger charge is 1.96. The van der Waals surface area contributed by atoms with Crippen LogP contribution in [0.5, 0.6) is 0 Å². The molecule has 0 unspecified atom stereocenters. The summed E-state index contributed by atoms with van der Waals surface area (Å²) in [4.78, 5) is 12.2. The molecule has 0 fully saturated rings. The van der Waals surface area contributed by atoms with E-state index in [4.69, 9.17) is 5.11 Å². The maximum atomic E-state index is 10.2. The monoisotopic (exact) mass is 312 g/mol. The fourth-order valence-electron chi connectivity index (χ4n) is 0.581. The van der Waals surface area contributed by atoms with Crippen molar-refractivity contribution >= 4 is 28.6 Å². The quantitative estimate of drug-likeness (QED) is 0.618. The number of rotatable bonds is 1. The number of hydrogen-bond donors (Lipinski definition) is 1.